The first kappa shape index (κ1) is 20.8. The quantitative estimate of drug-likeness (QED) is 0.621. The molecular formula is C27H41NO2. The molecule has 0 saturated heterocycles. The predicted molar refractivity (Wildman–Crippen MR) is 120 cm³/mol. The summed E-state index contributed by atoms with van der Waals surface area (Å²) >= 11 is 0. The monoisotopic (exact) mass is 411 g/mol. The standard InChI is InChI=1S/C27H41NO2/c1-26-16-14-21-19(10-13-23-27(21,2)17-15-24(29)28-23)20(26)11-12-22(26)25(30)18-8-6-4-3-5-7-9-18/h15,17-23H,3-14,16H2,1-2H3,(H,28,29)/t19-,20-,21-,22+,23+,26-,27+/m0/s1. The average molecular weight is 412 g/mol. The van der Waals surface area contributed by atoms with Crippen molar-refractivity contribution in [3.05, 3.63) is 12.2 Å². The minimum Gasteiger partial charge on any atom is -0.349 e. The van der Waals surface area contributed by atoms with Crippen LogP contribution in [0.2, 0.25) is 0 Å². The van der Waals surface area contributed by atoms with Crippen LogP contribution in [-0.4, -0.2) is 17.7 Å². The van der Waals surface area contributed by atoms with Crippen LogP contribution in [-0.2, 0) is 9.59 Å². The lowest BCUT2D eigenvalue weighted by atomic mass is 9.47. The van der Waals surface area contributed by atoms with Crippen molar-refractivity contribution >= 4 is 11.7 Å². The molecule has 0 aromatic rings. The smallest absolute Gasteiger partial charge is 0.243 e. The van der Waals surface area contributed by atoms with Crippen LogP contribution in [0.5, 0.6) is 0 Å². The number of ketones is 1. The fourth-order valence-electron chi connectivity index (χ4n) is 8.83. The Balaban J connectivity index is 1.36. The SMILES string of the molecule is C[C@]12C=CC(=O)N[C@@H]1CC[C@@H]1[C@@H]2CC[C@]2(C)[C@@H](C(=O)C3CCCCCCC3)CC[C@@H]12. The number of carbonyl (C=O) groups is 2. The second-order valence-corrected chi connectivity index (χ2v) is 11.8. The summed E-state index contributed by atoms with van der Waals surface area (Å²) < 4.78 is 0. The van der Waals surface area contributed by atoms with Crippen molar-refractivity contribution in [2.75, 3.05) is 0 Å². The first-order valence-corrected chi connectivity index (χ1v) is 13.0. The lowest BCUT2D eigenvalue weighted by Crippen LogP contribution is -2.59. The van der Waals surface area contributed by atoms with E-state index in [1.165, 1.54) is 57.8 Å². The summed E-state index contributed by atoms with van der Waals surface area (Å²) in [5, 5.41) is 3.26. The molecule has 3 nitrogen and oxygen atoms in total. The molecule has 3 heteroatoms. The van der Waals surface area contributed by atoms with Crippen LogP contribution in [0.3, 0.4) is 0 Å². The molecule has 5 aliphatic rings. The van der Waals surface area contributed by atoms with E-state index in [9.17, 15) is 9.59 Å². The van der Waals surface area contributed by atoms with Gasteiger partial charge in [-0.05, 0) is 80.6 Å². The summed E-state index contributed by atoms with van der Waals surface area (Å²) in [7, 11) is 0. The van der Waals surface area contributed by atoms with Crippen LogP contribution >= 0.6 is 0 Å². The van der Waals surface area contributed by atoms with E-state index in [1.807, 2.05) is 0 Å². The third-order valence-corrected chi connectivity index (χ3v) is 10.5. The summed E-state index contributed by atoms with van der Waals surface area (Å²) in [5.74, 6) is 3.45. The Morgan fingerprint density at radius 3 is 2.40 bits per heavy atom. The van der Waals surface area contributed by atoms with Crippen LogP contribution in [0.4, 0.5) is 0 Å². The summed E-state index contributed by atoms with van der Waals surface area (Å²) in [6.07, 6.45) is 20.0. The van der Waals surface area contributed by atoms with Crippen molar-refractivity contribution in [1.82, 2.24) is 5.32 Å². The van der Waals surface area contributed by atoms with Gasteiger partial charge in [0, 0.05) is 23.3 Å². The lowest BCUT2D eigenvalue weighted by molar-refractivity contribution is -0.136. The summed E-state index contributed by atoms with van der Waals surface area (Å²) in [6, 6.07) is 0.300. The molecule has 1 N–H and O–H groups in total. The number of carbonyl (C=O) groups excluding carboxylic acids is 2. The van der Waals surface area contributed by atoms with E-state index in [0.717, 1.165) is 31.6 Å². The molecule has 166 valence electrons. The van der Waals surface area contributed by atoms with E-state index in [-0.39, 0.29) is 16.7 Å². The maximum atomic E-state index is 13.8. The van der Waals surface area contributed by atoms with Gasteiger partial charge in [-0.3, -0.25) is 9.59 Å². The van der Waals surface area contributed by atoms with E-state index < -0.39 is 0 Å². The average Bonchev–Trinajstić information content (AvgIpc) is 3.05. The number of nitrogens with one attached hydrogen (secondary N) is 1. The number of Topliss-reactive ketones (excluding diaryl/α,β-unsaturated/α-hetero) is 1. The molecule has 1 aliphatic heterocycles. The Bertz CT molecular complexity index is 720. The molecule has 1 heterocycles. The highest BCUT2D eigenvalue weighted by Crippen LogP contribution is 2.65. The van der Waals surface area contributed by atoms with Crippen LogP contribution in [0.1, 0.15) is 97.3 Å². The zero-order chi connectivity index (χ0) is 20.9. The fourth-order valence-corrected chi connectivity index (χ4v) is 8.83. The Labute approximate surface area is 182 Å². The highest BCUT2D eigenvalue weighted by Gasteiger charge is 2.61. The van der Waals surface area contributed by atoms with Gasteiger partial charge in [0.05, 0.1) is 0 Å². The Hall–Kier alpha value is -1.12. The number of fused-ring (bicyclic) bond motifs is 5. The molecule has 4 saturated carbocycles. The van der Waals surface area contributed by atoms with Crippen molar-refractivity contribution in [3.63, 3.8) is 0 Å². The van der Waals surface area contributed by atoms with Crippen LogP contribution in [0, 0.1) is 40.4 Å². The van der Waals surface area contributed by atoms with Gasteiger partial charge in [0.2, 0.25) is 5.91 Å². The minimum atomic E-state index is 0.0855. The number of amides is 1. The predicted octanol–water partition coefficient (Wildman–Crippen LogP) is 5.83. The Morgan fingerprint density at radius 1 is 0.900 bits per heavy atom. The third-order valence-electron chi connectivity index (χ3n) is 10.5. The molecule has 0 radical (unpaired) electrons. The molecule has 4 aliphatic carbocycles. The van der Waals surface area contributed by atoms with Crippen molar-refractivity contribution in [2.45, 2.75) is 103 Å². The van der Waals surface area contributed by atoms with Crippen molar-refractivity contribution in [2.24, 2.45) is 40.4 Å². The molecule has 0 bridgehead atoms. The highest BCUT2D eigenvalue weighted by atomic mass is 16.1. The van der Waals surface area contributed by atoms with Crippen molar-refractivity contribution in [3.8, 4) is 0 Å². The summed E-state index contributed by atoms with van der Waals surface area (Å²) in [6.45, 7) is 4.87. The van der Waals surface area contributed by atoms with Crippen LogP contribution in [0.25, 0.3) is 0 Å². The number of hydrogen-bond donors (Lipinski definition) is 1. The van der Waals surface area contributed by atoms with Crippen molar-refractivity contribution in [1.29, 1.82) is 0 Å². The maximum Gasteiger partial charge on any atom is 0.243 e. The molecule has 0 aromatic carbocycles. The Morgan fingerprint density at radius 2 is 1.63 bits per heavy atom. The summed E-state index contributed by atoms with van der Waals surface area (Å²) in [4.78, 5) is 25.7. The van der Waals surface area contributed by atoms with E-state index in [4.69, 9.17) is 0 Å². The van der Waals surface area contributed by atoms with E-state index in [0.29, 0.717) is 35.5 Å². The first-order chi connectivity index (χ1) is 14.4. The van der Waals surface area contributed by atoms with Gasteiger partial charge in [-0.25, -0.2) is 0 Å². The molecule has 0 spiro atoms. The second kappa shape index (κ2) is 7.78. The van der Waals surface area contributed by atoms with Gasteiger partial charge >= 0.3 is 0 Å². The van der Waals surface area contributed by atoms with Crippen LogP contribution < -0.4 is 5.32 Å². The van der Waals surface area contributed by atoms with Gasteiger partial charge in [0.25, 0.3) is 0 Å². The minimum absolute atomic E-state index is 0.0855. The normalized spacial score (nSPS) is 46.7. The zero-order valence-corrected chi connectivity index (χ0v) is 19.1. The van der Waals surface area contributed by atoms with Gasteiger partial charge in [-0.1, -0.05) is 52.0 Å². The molecule has 1 amide bonds. The molecule has 30 heavy (non-hydrogen) atoms. The maximum absolute atomic E-state index is 13.8. The second-order valence-electron chi connectivity index (χ2n) is 11.8. The van der Waals surface area contributed by atoms with Gasteiger partial charge in [-0.15, -0.1) is 0 Å². The zero-order valence-electron chi connectivity index (χ0n) is 19.1. The van der Waals surface area contributed by atoms with E-state index >= 15 is 0 Å². The van der Waals surface area contributed by atoms with Gasteiger partial charge in [0.1, 0.15) is 5.78 Å². The van der Waals surface area contributed by atoms with Crippen LogP contribution in [0.15, 0.2) is 12.2 Å². The number of rotatable bonds is 2. The fraction of sp³-hybridized carbons (Fsp3) is 0.852. The molecule has 7 atom stereocenters. The third kappa shape index (κ3) is 3.21. The topological polar surface area (TPSA) is 46.2 Å². The van der Waals surface area contributed by atoms with E-state index in [2.05, 4.69) is 25.2 Å². The molecule has 0 aromatic heterocycles. The molecular weight excluding hydrogens is 370 g/mol. The number of hydrogen-bond acceptors (Lipinski definition) is 2. The van der Waals surface area contributed by atoms with Gasteiger partial charge < -0.3 is 5.32 Å². The molecule has 0 unspecified atom stereocenters. The largest absolute Gasteiger partial charge is 0.349 e. The van der Waals surface area contributed by atoms with Crippen molar-refractivity contribution < 1.29 is 9.59 Å². The Kier molecular flexibility index (Phi) is 5.39. The summed E-state index contributed by atoms with van der Waals surface area (Å²) in [5.41, 5.74) is 0.311. The lowest BCUT2D eigenvalue weighted by Gasteiger charge is -2.58. The van der Waals surface area contributed by atoms with Gasteiger partial charge in [-0.2, -0.15) is 0 Å². The highest BCUT2D eigenvalue weighted by molar-refractivity contribution is 5.89. The van der Waals surface area contributed by atoms with E-state index in [1.54, 1.807) is 6.08 Å². The molecule has 5 rings (SSSR count). The first-order valence-electron chi connectivity index (χ1n) is 13.0. The van der Waals surface area contributed by atoms with Gasteiger partial charge in [0.15, 0.2) is 0 Å². The molecule has 4 fully saturated rings.